The van der Waals surface area contributed by atoms with Crippen LogP contribution in [-0.2, 0) is 6.54 Å². The number of hydrogen-bond acceptors (Lipinski definition) is 3. The zero-order chi connectivity index (χ0) is 14.2. The molecule has 1 heterocycles. The molecule has 1 aromatic heterocycles. The topological polar surface area (TPSA) is 45.4 Å². The number of aliphatic hydroxyl groups is 1. The minimum atomic E-state index is 0. The highest BCUT2D eigenvalue weighted by Gasteiger charge is 2.04. The highest BCUT2D eigenvalue weighted by atomic mass is 79.9. The highest BCUT2D eigenvalue weighted by molar-refractivity contribution is 9.10. The van der Waals surface area contributed by atoms with Gasteiger partial charge in [-0.1, -0.05) is 28.1 Å². The van der Waals surface area contributed by atoms with Gasteiger partial charge in [-0.3, -0.25) is 0 Å². The summed E-state index contributed by atoms with van der Waals surface area (Å²) in [6, 6.07) is 12.1. The first-order valence-corrected chi connectivity index (χ1v) is 7.75. The Morgan fingerprint density at radius 2 is 1.76 bits per heavy atom. The molecule has 0 unspecified atom stereocenters. The van der Waals surface area contributed by atoms with Gasteiger partial charge in [-0.05, 0) is 50.1 Å². The van der Waals surface area contributed by atoms with E-state index in [9.17, 15) is 0 Å². The van der Waals surface area contributed by atoms with Crippen LogP contribution in [0.1, 0.15) is 25.0 Å². The van der Waals surface area contributed by atoms with Gasteiger partial charge in [0.05, 0.1) is 6.54 Å². The summed E-state index contributed by atoms with van der Waals surface area (Å²) in [7, 11) is 0. The van der Waals surface area contributed by atoms with Crippen molar-refractivity contribution in [1.82, 2.24) is 5.32 Å². The predicted octanol–water partition coefficient (Wildman–Crippen LogP) is 4.38. The maximum Gasteiger partial charge on any atom is 0.134 e. The van der Waals surface area contributed by atoms with Crippen molar-refractivity contribution in [3.05, 3.63) is 46.6 Å². The Balaban J connectivity index is 0.00000220. The van der Waals surface area contributed by atoms with Gasteiger partial charge in [-0.15, -0.1) is 12.4 Å². The van der Waals surface area contributed by atoms with E-state index < -0.39 is 0 Å². The molecule has 0 bridgehead atoms. The van der Waals surface area contributed by atoms with Crippen LogP contribution in [0.3, 0.4) is 0 Å². The van der Waals surface area contributed by atoms with Crippen molar-refractivity contribution in [2.45, 2.75) is 25.8 Å². The van der Waals surface area contributed by atoms with Crippen molar-refractivity contribution < 1.29 is 9.52 Å². The Kier molecular flexibility index (Phi) is 8.69. The lowest BCUT2D eigenvalue weighted by Crippen LogP contribution is -2.14. The van der Waals surface area contributed by atoms with Crippen LogP contribution in [0.5, 0.6) is 0 Å². The van der Waals surface area contributed by atoms with Crippen LogP contribution in [-0.4, -0.2) is 18.3 Å². The smallest absolute Gasteiger partial charge is 0.134 e. The van der Waals surface area contributed by atoms with E-state index in [0.717, 1.165) is 53.9 Å². The quantitative estimate of drug-likeness (QED) is 0.674. The summed E-state index contributed by atoms with van der Waals surface area (Å²) in [5.74, 6) is 1.85. The maximum absolute atomic E-state index is 8.69. The van der Waals surface area contributed by atoms with Gasteiger partial charge < -0.3 is 14.8 Å². The van der Waals surface area contributed by atoms with Gasteiger partial charge in [0, 0.05) is 16.6 Å². The largest absolute Gasteiger partial charge is 0.460 e. The SMILES string of the molecule is Cl.OCCCCCNCc1ccc(-c2ccc(Br)cc2)o1. The summed E-state index contributed by atoms with van der Waals surface area (Å²) in [5, 5.41) is 12.0. The van der Waals surface area contributed by atoms with E-state index in [2.05, 4.69) is 21.2 Å². The summed E-state index contributed by atoms with van der Waals surface area (Å²) < 4.78 is 6.89. The van der Waals surface area contributed by atoms with Gasteiger partial charge in [-0.2, -0.15) is 0 Å². The van der Waals surface area contributed by atoms with E-state index in [4.69, 9.17) is 9.52 Å². The Morgan fingerprint density at radius 1 is 1.00 bits per heavy atom. The van der Waals surface area contributed by atoms with E-state index in [1.54, 1.807) is 0 Å². The molecule has 0 aliphatic heterocycles. The van der Waals surface area contributed by atoms with Gasteiger partial charge in [0.2, 0.25) is 0 Å². The number of halogens is 2. The normalized spacial score (nSPS) is 10.4. The van der Waals surface area contributed by atoms with Gasteiger partial charge in [-0.25, -0.2) is 0 Å². The lowest BCUT2D eigenvalue weighted by Gasteiger charge is -2.02. The molecule has 0 atom stereocenters. The molecule has 3 nitrogen and oxygen atoms in total. The molecule has 0 amide bonds. The van der Waals surface area contributed by atoms with E-state index in [1.807, 2.05) is 36.4 Å². The van der Waals surface area contributed by atoms with Crippen LogP contribution in [0.4, 0.5) is 0 Å². The fraction of sp³-hybridized carbons (Fsp3) is 0.375. The predicted molar refractivity (Wildman–Crippen MR) is 91.7 cm³/mol. The van der Waals surface area contributed by atoms with Crippen LogP contribution in [0.2, 0.25) is 0 Å². The molecule has 0 spiro atoms. The summed E-state index contributed by atoms with van der Waals surface area (Å²) in [4.78, 5) is 0. The van der Waals surface area contributed by atoms with Crippen molar-refractivity contribution in [3.8, 4) is 11.3 Å². The standard InChI is InChI=1S/C16H20BrNO2.ClH/c17-14-6-4-13(5-7-14)16-9-8-15(20-16)12-18-10-2-1-3-11-19;/h4-9,18-19H,1-3,10-12H2;1H. The first-order chi connectivity index (χ1) is 9.79. The van der Waals surface area contributed by atoms with Crippen LogP contribution >= 0.6 is 28.3 Å². The van der Waals surface area contributed by atoms with Gasteiger partial charge in [0.15, 0.2) is 0 Å². The minimum absolute atomic E-state index is 0. The number of nitrogens with one attached hydrogen (secondary N) is 1. The molecule has 0 aliphatic carbocycles. The molecular weight excluding hydrogens is 354 g/mol. The molecule has 0 saturated heterocycles. The number of hydrogen-bond donors (Lipinski definition) is 2. The Hall–Kier alpha value is -0.810. The van der Waals surface area contributed by atoms with Gasteiger partial charge in [0.1, 0.15) is 11.5 Å². The molecule has 116 valence electrons. The summed E-state index contributed by atoms with van der Waals surface area (Å²) in [5.41, 5.74) is 1.09. The molecule has 2 aromatic rings. The Morgan fingerprint density at radius 3 is 2.48 bits per heavy atom. The molecule has 2 N–H and O–H groups in total. The van der Waals surface area contributed by atoms with Crippen LogP contribution in [0.15, 0.2) is 45.3 Å². The van der Waals surface area contributed by atoms with E-state index in [0.29, 0.717) is 0 Å². The maximum atomic E-state index is 8.69. The molecule has 0 fully saturated rings. The molecule has 5 heteroatoms. The van der Waals surface area contributed by atoms with Crippen LogP contribution < -0.4 is 5.32 Å². The third-order valence-corrected chi connectivity index (χ3v) is 3.63. The molecule has 2 rings (SSSR count). The summed E-state index contributed by atoms with van der Waals surface area (Å²) in [6.07, 6.45) is 3.03. The Labute approximate surface area is 140 Å². The fourth-order valence-corrected chi connectivity index (χ4v) is 2.26. The fourth-order valence-electron chi connectivity index (χ4n) is 1.99. The molecule has 1 aromatic carbocycles. The van der Waals surface area contributed by atoms with Crippen molar-refractivity contribution >= 4 is 28.3 Å². The van der Waals surface area contributed by atoms with E-state index >= 15 is 0 Å². The first-order valence-electron chi connectivity index (χ1n) is 6.96. The number of rotatable bonds is 8. The van der Waals surface area contributed by atoms with Gasteiger partial charge >= 0.3 is 0 Å². The average molecular weight is 375 g/mol. The molecular formula is C16H21BrClNO2. The molecule has 21 heavy (non-hydrogen) atoms. The van der Waals surface area contributed by atoms with Crippen molar-refractivity contribution in [2.24, 2.45) is 0 Å². The van der Waals surface area contributed by atoms with Crippen LogP contribution in [0, 0.1) is 0 Å². The second-order valence-electron chi connectivity index (χ2n) is 4.73. The van der Waals surface area contributed by atoms with Gasteiger partial charge in [0.25, 0.3) is 0 Å². The monoisotopic (exact) mass is 373 g/mol. The highest BCUT2D eigenvalue weighted by Crippen LogP contribution is 2.23. The second-order valence-corrected chi connectivity index (χ2v) is 5.65. The molecule has 0 saturated carbocycles. The number of unbranched alkanes of at least 4 members (excludes halogenated alkanes) is 2. The zero-order valence-electron chi connectivity index (χ0n) is 11.8. The van der Waals surface area contributed by atoms with Crippen molar-refractivity contribution in [2.75, 3.05) is 13.2 Å². The number of benzene rings is 1. The average Bonchev–Trinajstić information content (AvgIpc) is 2.92. The second kappa shape index (κ2) is 10.0. The van der Waals surface area contributed by atoms with Crippen molar-refractivity contribution in [3.63, 3.8) is 0 Å². The minimum Gasteiger partial charge on any atom is -0.460 e. The van der Waals surface area contributed by atoms with Crippen LogP contribution in [0.25, 0.3) is 11.3 Å². The third-order valence-electron chi connectivity index (χ3n) is 3.10. The zero-order valence-corrected chi connectivity index (χ0v) is 14.3. The Bertz CT molecular complexity index is 513. The number of aliphatic hydroxyl groups excluding tert-OH is 1. The van der Waals surface area contributed by atoms with E-state index in [1.165, 1.54) is 0 Å². The van der Waals surface area contributed by atoms with E-state index in [-0.39, 0.29) is 19.0 Å². The third kappa shape index (κ3) is 6.22. The molecule has 0 aliphatic rings. The summed E-state index contributed by atoms with van der Waals surface area (Å²) in [6.45, 7) is 1.98. The van der Waals surface area contributed by atoms with Crippen molar-refractivity contribution in [1.29, 1.82) is 0 Å². The lowest BCUT2D eigenvalue weighted by molar-refractivity contribution is 0.282. The first kappa shape index (κ1) is 18.2. The summed E-state index contributed by atoms with van der Waals surface area (Å²) >= 11 is 3.43. The lowest BCUT2D eigenvalue weighted by atomic mass is 10.2. The number of furan rings is 1. The molecule has 0 radical (unpaired) electrons.